The van der Waals surface area contributed by atoms with E-state index in [1.54, 1.807) is 24.4 Å². The Hall–Kier alpha value is -3.02. The highest BCUT2D eigenvalue weighted by molar-refractivity contribution is 5.80. The number of hydrogen-bond acceptors (Lipinski definition) is 4. The Labute approximate surface area is 132 Å². The molecule has 0 amide bonds. The van der Waals surface area contributed by atoms with Gasteiger partial charge in [0.15, 0.2) is 0 Å². The number of pyridine rings is 2. The first-order valence-electron chi connectivity index (χ1n) is 7.37. The van der Waals surface area contributed by atoms with Crippen LogP contribution in [0.2, 0.25) is 0 Å². The first-order valence-corrected chi connectivity index (χ1v) is 7.37. The van der Waals surface area contributed by atoms with Crippen molar-refractivity contribution in [1.29, 1.82) is 0 Å². The van der Waals surface area contributed by atoms with E-state index in [9.17, 15) is 9.59 Å². The van der Waals surface area contributed by atoms with Crippen molar-refractivity contribution < 1.29 is 4.74 Å². The number of aromatic amines is 2. The molecule has 6 nitrogen and oxygen atoms in total. The highest BCUT2D eigenvalue weighted by Gasteiger charge is 2.05. The van der Waals surface area contributed by atoms with Gasteiger partial charge in [0.25, 0.3) is 11.1 Å². The molecule has 3 aromatic rings. The Morgan fingerprint density at radius 1 is 1.13 bits per heavy atom. The summed E-state index contributed by atoms with van der Waals surface area (Å²) in [5, 5.41) is 3.86. The molecule has 6 heteroatoms. The third kappa shape index (κ3) is 3.26. The second kappa shape index (κ2) is 6.39. The van der Waals surface area contributed by atoms with Crippen LogP contribution in [0.5, 0.6) is 5.75 Å². The molecule has 1 aromatic carbocycles. The summed E-state index contributed by atoms with van der Waals surface area (Å²) in [4.78, 5) is 29.2. The van der Waals surface area contributed by atoms with E-state index in [2.05, 4.69) is 15.3 Å². The number of anilines is 1. The number of ether oxygens (including phenoxy) is 1. The van der Waals surface area contributed by atoms with Gasteiger partial charge < -0.3 is 20.0 Å². The van der Waals surface area contributed by atoms with Crippen LogP contribution in [0.3, 0.4) is 0 Å². The van der Waals surface area contributed by atoms with Crippen LogP contribution in [0.15, 0.2) is 52.2 Å². The van der Waals surface area contributed by atoms with E-state index in [1.807, 2.05) is 25.1 Å². The quantitative estimate of drug-likeness (QED) is 0.674. The SMILES string of the molecule is CCOc1ccc2[nH]c(=O)c(CNc3ccc[nH]c3=O)cc2c1. The Morgan fingerprint density at radius 3 is 2.78 bits per heavy atom. The number of nitrogens with one attached hydrogen (secondary N) is 3. The molecule has 0 aliphatic rings. The molecule has 3 rings (SSSR count). The predicted molar refractivity (Wildman–Crippen MR) is 90.1 cm³/mol. The molecule has 0 radical (unpaired) electrons. The molecular formula is C17H17N3O3. The van der Waals surface area contributed by atoms with Crippen LogP contribution >= 0.6 is 0 Å². The van der Waals surface area contributed by atoms with E-state index < -0.39 is 0 Å². The molecule has 118 valence electrons. The van der Waals surface area contributed by atoms with Gasteiger partial charge in [0.2, 0.25) is 0 Å². The minimum Gasteiger partial charge on any atom is -0.494 e. The van der Waals surface area contributed by atoms with E-state index in [-0.39, 0.29) is 17.7 Å². The Bertz CT molecular complexity index is 943. The molecule has 0 saturated heterocycles. The van der Waals surface area contributed by atoms with Crippen molar-refractivity contribution in [2.75, 3.05) is 11.9 Å². The topological polar surface area (TPSA) is 87.0 Å². The maximum absolute atomic E-state index is 12.1. The highest BCUT2D eigenvalue weighted by Crippen LogP contribution is 2.19. The lowest BCUT2D eigenvalue weighted by molar-refractivity contribution is 0.340. The number of H-pyrrole nitrogens is 2. The van der Waals surface area contributed by atoms with Crippen LogP contribution in [0.4, 0.5) is 5.69 Å². The molecule has 2 heterocycles. The summed E-state index contributed by atoms with van der Waals surface area (Å²) in [7, 11) is 0. The second-order valence-electron chi connectivity index (χ2n) is 5.07. The van der Waals surface area contributed by atoms with Crippen molar-refractivity contribution in [3.63, 3.8) is 0 Å². The summed E-state index contributed by atoms with van der Waals surface area (Å²) in [5.74, 6) is 0.755. The van der Waals surface area contributed by atoms with Crippen molar-refractivity contribution in [2.24, 2.45) is 0 Å². The number of hydrogen-bond donors (Lipinski definition) is 3. The van der Waals surface area contributed by atoms with Gasteiger partial charge in [0, 0.05) is 29.2 Å². The van der Waals surface area contributed by atoms with Crippen LogP contribution in [0, 0.1) is 0 Å². The summed E-state index contributed by atoms with van der Waals surface area (Å²) >= 11 is 0. The van der Waals surface area contributed by atoms with Gasteiger partial charge in [-0.3, -0.25) is 9.59 Å². The summed E-state index contributed by atoms with van der Waals surface area (Å²) in [6, 6.07) is 10.7. The van der Waals surface area contributed by atoms with Crippen molar-refractivity contribution in [1.82, 2.24) is 9.97 Å². The van der Waals surface area contributed by atoms with Crippen LogP contribution in [0.1, 0.15) is 12.5 Å². The van der Waals surface area contributed by atoms with E-state index in [0.29, 0.717) is 17.9 Å². The zero-order chi connectivity index (χ0) is 16.2. The maximum atomic E-state index is 12.1. The largest absolute Gasteiger partial charge is 0.494 e. The minimum absolute atomic E-state index is 0.179. The summed E-state index contributed by atoms with van der Waals surface area (Å²) < 4.78 is 5.48. The van der Waals surface area contributed by atoms with Gasteiger partial charge in [-0.05, 0) is 43.3 Å². The fourth-order valence-corrected chi connectivity index (χ4v) is 2.37. The van der Waals surface area contributed by atoms with Gasteiger partial charge >= 0.3 is 0 Å². The molecule has 0 aliphatic heterocycles. The van der Waals surface area contributed by atoms with E-state index >= 15 is 0 Å². The number of rotatable bonds is 5. The van der Waals surface area contributed by atoms with E-state index in [0.717, 1.165) is 16.7 Å². The van der Waals surface area contributed by atoms with Gasteiger partial charge in [-0.1, -0.05) is 0 Å². The standard InChI is InChI=1S/C17H17N3O3/c1-2-23-13-5-6-14-11(9-13)8-12(16(21)20-14)10-19-15-4-3-7-18-17(15)22/h3-9,19H,2,10H2,1H3,(H,18,22)(H,20,21). The smallest absolute Gasteiger partial charge is 0.271 e. The molecule has 3 N–H and O–H groups in total. The lowest BCUT2D eigenvalue weighted by Gasteiger charge is -2.08. The maximum Gasteiger partial charge on any atom is 0.271 e. The average molecular weight is 311 g/mol. The zero-order valence-corrected chi connectivity index (χ0v) is 12.7. The van der Waals surface area contributed by atoms with E-state index in [4.69, 9.17) is 4.74 Å². The molecule has 0 aliphatic carbocycles. The highest BCUT2D eigenvalue weighted by atomic mass is 16.5. The lowest BCUT2D eigenvalue weighted by atomic mass is 10.1. The monoisotopic (exact) mass is 311 g/mol. The average Bonchev–Trinajstić information content (AvgIpc) is 2.55. The third-order valence-electron chi connectivity index (χ3n) is 3.49. The summed E-state index contributed by atoms with van der Waals surface area (Å²) in [5.41, 5.74) is 1.33. The Kier molecular flexibility index (Phi) is 4.14. The first kappa shape index (κ1) is 14.9. The molecule has 0 fully saturated rings. The molecule has 0 atom stereocenters. The normalized spacial score (nSPS) is 10.7. The van der Waals surface area contributed by atoms with Crippen molar-refractivity contribution in [2.45, 2.75) is 13.5 Å². The summed E-state index contributed by atoms with van der Waals surface area (Å²) in [6.07, 6.45) is 1.56. The number of aromatic nitrogens is 2. The van der Waals surface area contributed by atoms with Gasteiger partial charge in [-0.15, -0.1) is 0 Å². The Morgan fingerprint density at radius 2 is 2.00 bits per heavy atom. The van der Waals surface area contributed by atoms with Gasteiger partial charge in [-0.2, -0.15) is 0 Å². The van der Waals surface area contributed by atoms with Crippen LogP contribution in [-0.2, 0) is 6.54 Å². The molecule has 2 aromatic heterocycles. The van der Waals surface area contributed by atoms with Gasteiger partial charge in [-0.25, -0.2) is 0 Å². The van der Waals surface area contributed by atoms with Crippen molar-refractivity contribution in [3.05, 3.63) is 68.9 Å². The van der Waals surface area contributed by atoms with Crippen LogP contribution in [-0.4, -0.2) is 16.6 Å². The molecule has 0 saturated carbocycles. The fourth-order valence-electron chi connectivity index (χ4n) is 2.37. The molecule has 0 spiro atoms. The third-order valence-corrected chi connectivity index (χ3v) is 3.49. The number of fused-ring (bicyclic) bond motifs is 1. The second-order valence-corrected chi connectivity index (χ2v) is 5.07. The molecule has 23 heavy (non-hydrogen) atoms. The summed E-state index contributed by atoms with van der Waals surface area (Å²) in [6.45, 7) is 2.76. The van der Waals surface area contributed by atoms with Crippen LogP contribution < -0.4 is 21.2 Å². The van der Waals surface area contributed by atoms with E-state index in [1.165, 1.54) is 0 Å². The molecular weight excluding hydrogens is 294 g/mol. The number of benzene rings is 1. The van der Waals surface area contributed by atoms with Crippen molar-refractivity contribution in [3.8, 4) is 5.75 Å². The Balaban J connectivity index is 1.90. The van der Waals surface area contributed by atoms with Gasteiger partial charge in [0.05, 0.1) is 6.61 Å². The van der Waals surface area contributed by atoms with Gasteiger partial charge in [0.1, 0.15) is 11.4 Å². The minimum atomic E-state index is -0.219. The lowest BCUT2D eigenvalue weighted by Crippen LogP contribution is -2.18. The molecule has 0 unspecified atom stereocenters. The fraction of sp³-hybridized carbons (Fsp3) is 0.176. The first-order chi connectivity index (χ1) is 11.2. The predicted octanol–water partition coefficient (Wildman–Crippen LogP) is 2.23. The molecule has 0 bridgehead atoms. The zero-order valence-electron chi connectivity index (χ0n) is 12.7. The van der Waals surface area contributed by atoms with Crippen molar-refractivity contribution >= 4 is 16.6 Å². The van der Waals surface area contributed by atoms with Crippen LogP contribution in [0.25, 0.3) is 10.9 Å².